The number of hydrogen-bond donors (Lipinski definition) is 0. The number of carbonyl (C=O) groups is 1. The molecule has 0 bridgehead atoms. The van der Waals surface area contributed by atoms with Crippen LogP contribution in [0, 0.1) is 22.6 Å². The van der Waals surface area contributed by atoms with Crippen LogP contribution >= 0.6 is 0 Å². The molecule has 0 amide bonds. The van der Waals surface area contributed by atoms with Crippen LogP contribution in [0.4, 0.5) is 16.3 Å². The van der Waals surface area contributed by atoms with Gasteiger partial charge in [-0.25, -0.2) is 18.9 Å². The van der Waals surface area contributed by atoms with Crippen LogP contribution in [0.5, 0.6) is 0 Å². The maximum Gasteiger partial charge on any atom is 0.261 e. The fourth-order valence-corrected chi connectivity index (χ4v) is 6.75. The van der Waals surface area contributed by atoms with E-state index in [0.29, 0.717) is 12.5 Å². The molecular formula is C35H45FN6O2. The van der Waals surface area contributed by atoms with Crippen molar-refractivity contribution in [1.29, 1.82) is 0 Å². The molecule has 0 saturated carbocycles. The molecule has 1 atom stereocenters. The third-order valence-electron chi connectivity index (χ3n) is 9.08. The van der Waals surface area contributed by atoms with E-state index in [-0.39, 0.29) is 40.1 Å². The van der Waals surface area contributed by atoms with Crippen molar-refractivity contribution in [2.24, 2.45) is 16.7 Å². The number of piperidine rings is 1. The van der Waals surface area contributed by atoms with E-state index >= 15 is 0 Å². The zero-order valence-electron chi connectivity index (χ0n) is 27.0. The maximum atomic E-state index is 13.9. The Balaban J connectivity index is 1.36. The molecule has 2 aromatic carbocycles. The third-order valence-corrected chi connectivity index (χ3v) is 9.08. The number of halogens is 1. The lowest BCUT2D eigenvalue weighted by Gasteiger charge is -2.39. The van der Waals surface area contributed by atoms with Crippen molar-refractivity contribution in [3.63, 3.8) is 0 Å². The summed E-state index contributed by atoms with van der Waals surface area (Å²) in [6.45, 7) is 14.7. The summed E-state index contributed by atoms with van der Waals surface area (Å²) >= 11 is 0. The van der Waals surface area contributed by atoms with Gasteiger partial charge in [0.25, 0.3) is 5.56 Å². The standard InChI is InChI=1S/C35H45FN6O2/c1-24(35(5,6)23-34(2,3)4)31(44)42-30(43)16-19-37-32(42)39(7)27-17-20-40(21-18-27)33-38-28-10-8-9-11-29(28)41(33)22-25-12-14-26(36)15-13-25/h8-16,19,24,27H,17-18,20-23H2,1-7H3. The Morgan fingerprint density at radius 3 is 2.34 bits per heavy atom. The Hall–Kier alpha value is -4.01. The van der Waals surface area contributed by atoms with Gasteiger partial charge in [0.1, 0.15) is 5.82 Å². The fourth-order valence-electron chi connectivity index (χ4n) is 6.75. The van der Waals surface area contributed by atoms with Gasteiger partial charge in [0.15, 0.2) is 0 Å². The summed E-state index contributed by atoms with van der Waals surface area (Å²) < 4.78 is 17.1. The minimum atomic E-state index is -0.369. The highest BCUT2D eigenvalue weighted by Gasteiger charge is 2.37. The summed E-state index contributed by atoms with van der Waals surface area (Å²) in [6, 6.07) is 16.1. The molecule has 2 aromatic heterocycles. The number of rotatable bonds is 8. The number of fused-ring (bicyclic) bond motifs is 1. The Labute approximate surface area is 259 Å². The average molecular weight is 601 g/mol. The number of carbonyl (C=O) groups excluding carboxylic acids is 1. The average Bonchev–Trinajstić information content (AvgIpc) is 3.34. The number of hydrogen-bond acceptors (Lipinski definition) is 6. The van der Waals surface area contributed by atoms with Crippen LogP contribution in [0.1, 0.15) is 71.2 Å². The monoisotopic (exact) mass is 600 g/mol. The predicted molar refractivity (Wildman–Crippen MR) is 175 cm³/mol. The van der Waals surface area contributed by atoms with Crippen molar-refractivity contribution >= 4 is 28.8 Å². The molecule has 1 unspecified atom stereocenters. The quantitative estimate of drug-likeness (QED) is 0.226. The minimum absolute atomic E-state index is 0.0467. The molecule has 4 aromatic rings. The molecule has 0 spiro atoms. The lowest BCUT2D eigenvalue weighted by Crippen LogP contribution is -2.47. The molecular weight excluding hydrogens is 555 g/mol. The van der Waals surface area contributed by atoms with E-state index in [2.05, 4.69) is 55.1 Å². The van der Waals surface area contributed by atoms with Crippen molar-refractivity contribution in [2.75, 3.05) is 29.9 Å². The lowest BCUT2D eigenvalue weighted by atomic mass is 9.69. The largest absolute Gasteiger partial charge is 0.342 e. The Morgan fingerprint density at radius 1 is 1.02 bits per heavy atom. The van der Waals surface area contributed by atoms with Gasteiger partial charge in [-0.05, 0) is 59.9 Å². The van der Waals surface area contributed by atoms with E-state index < -0.39 is 0 Å². The molecule has 3 heterocycles. The van der Waals surface area contributed by atoms with Crippen molar-refractivity contribution in [3.8, 4) is 0 Å². The zero-order valence-corrected chi connectivity index (χ0v) is 27.0. The molecule has 0 N–H and O–H groups in total. The summed E-state index contributed by atoms with van der Waals surface area (Å²) in [4.78, 5) is 40.9. The molecule has 44 heavy (non-hydrogen) atoms. The van der Waals surface area contributed by atoms with Gasteiger partial charge in [-0.15, -0.1) is 0 Å². The summed E-state index contributed by atoms with van der Waals surface area (Å²) in [6.07, 6.45) is 3.95. The molecule has 1 aliphatic rings. The summed E-state index contributed by atoms with van der Waals surface area (Å²) in [5.41, 5.74) is 2.35. The summed E-state index contributed by atoms with van der Waals surface area (Å²) in [5.74, 6) is 0.441. The number of anilines is 2. The predicted octanol–water partition coefficient (Wildman–Crippen LogP) is 6.62. The number of aromatic nitrogens is 4. The van der Waals surface area contributed by atoms with Crippen LogP contribution in [0.2, 0.25) is 0 Å². The van der Waals surface area contributed by atoms with Crippen molar-refractivity contribution in [3.05, 3.63) is 82.5 Å². The number of para-hydroxylation sites is 2. The van der Waals surface area contributed by atoms with Crippen LogP contribution in [0.25, 0.3) is 11.0 Å². The van der Waals surface area contributed by atoms with Crippen LogP contribution < -0.4 is 15.4 Å². The molecule has 8 nitrogen and oxygen atoms in total. The maximum absolute atomic E-state index is 13.9. The van der Waals surface area contributed by atoms with Gasteiger partial charge < -0.3 is 14.4 Å². The smallest absolute Gasteiger partial charge is 0.261 e. The minimum Gasteiger partial charge on any atom is -0.342 e. The number of benzene rings is 2. The first kappa shape index (κ1) is 31.4. The highest BCUT2D eigenvalue weighted by molar-refractivity contribution is 5.84. The van der Waals surface area contributed by atoms with Gasteiger partial charge in [0.05, 0.1) is 17.6 Å². The molecule has 1 saturated heterocycles. The highest BCUT2D eigenvalue weighted by Crippen LogP contribution is 2.40. The van der Waals surface area contributed by atoms with E-state index in [1.54, 1.807) is 0 Å². The molecule has 0 radical (unpaired) electrons. The van der Waals surface area contributed by atoms with Gasteiger partial charge in [-0.3, -0.25) is 9.59 Å². The second-order valence-corrected chi connectivity index (χ2v) is 14.1. The summed E-state index contributed by atoms with van der Waals surface area (Å²) in [5, 5.41) is 0. The lowest BCUT2D eigenvalue weighted by molar-refractivity contribution is 0.0651. The van der Waals surface area contributed by atoms with Crippen molar-refractivity contribution in [2.45, 2.75) is 73.4 Å². The normalized spacial score (nSPS) is 15.5. The van der Waals surface area contributed by atoms with Crippen LogP contribution in [-0.4, -0.2) is 51.2 Å². The Morgan fingerprint density at radius 2 is 1.68 bits per heavy atom. The highest BCUT2D eigenvalue weighted by atomic mass is 19.1. The molecule has 1 aliphatic heterocycles. The first-order chi connectivity index (χ1) is 20.7. The van der Waals surface area contributed by atoms with Crippen molar-refractivity contribution in [1.82, 2.24) is 19.1 Å². The SMILES string of the molecule is CC(C(=O)n1c(N(C)C2CCN(c3nc4ccccc4n3Cc3ccc(F)cc3)CC2)nccc1=O)C(C)(C)CC(C)(C)C. The van der Waals surface area contributed by atoms with E-state index in [4.69, 9.17) is 4.98 Å². The first-order valence-electron chi connectivity index (χ1n) is 15.5. The third kappa shape index (κ3) is 6.56. The van der Waals surface area contributed by atoms with Crippen LogP contribution in [-0.2, 0) is 6.54 Å². The Bertz CT molecular complexity index is 1680. The molecule has 5 rings (SSSR count). The second-order valence-electron chi connectivity index (χ2n) is 14.1. The van der Waals surface area contributed by atoms with Gasteiger partial charge in [-0.2, -0.15) is 0 Å². The Kier molecular flexibility index (Phi) is 8.69. The topological polar surface area (TPSA) is 76.3 Å². The number of imidazole rings is 1. The first-order valence-corrected chi connectivity index (χ1v) is 15.5. The molecule has 234 valence electrons. The van der Waals surface area contributed by atoms with Crippen LogP contribution in [0.3, 0.4) is 0 Å². The second kappa shape index (κ2) is 12.2. The van der Waals surface area contributed by atoms with Crippen molar-refractivity contribution < 1.29 is 9.18 Å². The molecule has 9 heteroatoms. The van der Waals surface area contributed by atoms with E-state index in [1.165, 1.54) is 29.0 Å². The number of nitrogens with zero attached hydrogens (tertiary/aromatic N) is 6. The van der Waals surface area contributed by atoms with Crippen LogP contribution in [0.15, 0.2) is 65.6 Å². The summed E-state index contributed by atoms with van der Waals surface area (Å²) in [7, 11) is 1.93. The fraction of sp³-hybridized carbons (Fsp3) is 0.486. The van der Waals surface area contributed by atoms with Gasteiger partial charge >= 0.3 is 0 Å². The molecule has 0 aliphatic carbocycles. The van der Waals surface area contributed by atoms with Gasteiger partial charge in [0.2, 0.25) is 17.8 Å². The van der Waals surface area contributed by atoms with E-state index in [1.807, 2.05) is 49.2 Å². The molecule has 1 fully saturated rings. The van der Waals surface area contributed by atoms with E-state index in [9.17, 15) is 14.0 Å². The van der Waals surface area contributed by atoms with E-state index in [0.717, 1.165) is 54.9 Å². The van der Waals surface area contributed by atoms with Gasteiger partial charge in [-0.1, -0.05) is 65.8 Å². The zero-order chi connectivity index (χ0) is 31.8. The van der Waals surface area contributed by atoms with Gasteiger partial charge in [0, 0.05) is 44.4 Å².